The van der Waals surface area contributed by atoms with E-state index in [4.69, 9.17) is 0 Å². The van der Waals surface area contributed by atoms with Gasteiger partial charge in [0.25, 0.3) is 0 Å². The first-order valence-electron chi connectivity index (χ1n) is 8.32. The Morgan fingerprint density at radius 1 is 1.31 bits per heavy atom. The van der Waals surface area contributed by atoms with Crippen molar-refractivity contribution in [1.82, 2.24) is 9.38 Å². The van der Waals surface area contributed by atoms with E-state index in [9.17, 15) is 14.0 Å². The Bertz CT molecular complexity index is 904. The predicted molar refractivity (Wildman–Crippen MR) is 102 cm³/mol. The van der Waals surface area contributed by atoms with Gasteiger partial charge in [-0.25, -0.2) is 9.37 Å². The number of pyridine rings is 1. The molecule has 5 nitrogen and oxygen atoms in total. The smallest absolute Gasteiger partial charge is 0.222 e. The molecule has 3 rings (SSSR count). The number of rotatable bonds is 5. The van der Waals surface area contributed by atoms with Crippen LogP contribution in [0, 0.1) is 0 Å². The van der Waals surface area contributed by atoms with E-state index in [1.165, 1.54) is 36.7 Å². The summed E-state index contributed by atoms with van der Waals surface area (Å²) in [6.07, 6.45) is 8.27. The predicted octanol–water partition coefficient (Wildman–Crippen LogP) is 4.72. The number of hydrogen-bond donors (Lipinski definition) is 1. The van der Waals surface area contributed by atoms with E-state index >= 15 is 0 Å². The van der Waals surface area contributed by atoms with Gasteiger partial charge in [0.1, 0.15) is 17.2 Å². The zero-order valence-corrected chi connectivity index (χ0v) is 15.0. The maximum atomic E-state index is 13.4. The fraction of sp³-hybridized carbons (Fsp3) is 0.250. The molecule has 1 amide bonds. The number of fused-ring (bicyclic) bond motifs is 1. The maximum absolute atomic E-state index is 13.4. The van der Waals surface area contributed by atoms with Crippen molar-refractivity contribution in [2.75, 3.05) is 5.32 Å². The first-order valence-corrected chi connectivity index (χ1v) is 8.32. The van der Waals surface area contributed by atoms with E-state index in [0.717, 1.165) is 0 Å². The normalized spacial score (nSPS) is 13.2. The molecule has 0 radical (unpaired) electrons. The molecule has 0 atom stereocenters. The number of anilines is 1. The van der Waals surface area contributed by atoms with Gasteiger partial charge >= 0.3 is 0 Å². The molecule has 2 aromatic rings. The molecule has 1 aliphatic carbocycles. The van der Waals surface area contributed by atoms with E-state index in [1.807, 2.05) is 0 Å². The number of amides is 1. The van der Waals surface area contributed by atoms with Gasteiger partial charge < -0.3 is 5.32 Å². The van der Waals surface area contributed by atoms with Crippen molar-refractivity contribution in [1.29, 1.82) is 0 Å². The van der Waals surface area contributed by atoms with Crippen LogP contribution in [0.4, 0.5) is 10.2 Å². The number of allylic oxidation sites excluding steroid dienone is 4. The number of nitrogens with zero attached hydrogens (tertiary/aromatic N) is 2. The van der Waals surface area contributed by atoms with Crippen LogP contribution < -0.4 is 5.32 Å². The molecule has 0 aliphatic heterocycles. The van der Waals surface area contributed by atoms with Crippen molar-refractivity contribution < 1.29 is 14.0 Å². The van der Waals surface area contributed by atoms with Crippen LogP contribution in [0.3, 0.4) is 0 Å². The molecule has 6 heteroatoms. The fourth-order valence-electron chi connectivity index (χ4n) is 2.23. The molecule has 2 heterocycles. The zero-order chi connectivity index (χ0) is 19.3. The Morgan fingerprint density at radius 3 is 2.42 bits per heavy atom. The topological polar surface area (TPSA) is 63.5 Å². The Labute approximate surface area is 151 Å². The molecule has 1 N–H and O–H groups in total. The van der Waals surface area contributed by atoms with Crippen LogP contribution in [0.15, 0.2) is 49.0 Å². The first kappa shape index (κ1) is 19.3. The number of imidazole rings is 1. The lowest BCUT2D eigenvalue weighted by atomic mass is 10.0. The first-order chi connectivity index (χ1) is 12.4. The molecule has 1 saturated carbocycles. The van der Waals surface area contributed by atoms with Crippen molar-refractivity contribution in [2.24, 2.45) is 0 Å². The lowest BCUT2D eigenvalue weighted by Crippen LogP contribution is -2.08. The van der Waals surface area contributed by atoms with E-state index in [2.05, 4.69) is 23.5 Å². The summed E-state index contributed by atoms with van der Waals surface area (Å²) in [6.45, 7) is 9.91. The van der Waals surface area contributed by atoms with E-state index in [1.54, 1.807) is 25.3 Å². The Morgan fingerprint density at radius 2 is 1.96 bits per heavy atom. The van der Waals surface area contributed by atoms with Crippen molar-refractivity contribution in [3.63, 3.8) is 0 Å². The standard InChI is InChI=1S/C17H16FN3O2.C3H6/c1-5-14(10(2)11(3)18)13-6-7-16-20-17(19-12(4)23)15(9-22)21(16)8-13;1-2-3-1/h5-9H,1,3H2,2,4H3,(H,19,23);1-3H2/b14-10+;. The van der Waals surface area contributed by atoms with Crippen LogP contribution in [0.1, 0.15) is 49.2 Å². The third-order valence-corrected chi connectivity index (χ3v) is 3.74. The number of hydrogen-bond acceptors (Lipinski definition) is 3. The van der Waals surface area contributed by atoms with Gasteiger partial charge in [-0.05, 0) is 35.8 Å². The summed E-state index contributed by atoms with van der Waals surface area (Å²) >= 11 is 0. The highest BCUT2D eigenvalue weighted by molar-refractivity contribution is 5.94. The minimum atomic E-state index is -0.555. The van der Waals surface area contributed by atoms with Crippen molar-refractivity contribution in [2.45, 2.75) is 33.1 Å². The highest BCUT2D eigenvalue weighted by Gasteiger charge is 2.14. The Balaban J connectivity index is 0.000000732. The SMILES string of the molecule is C1CC1.C=C/C(=C(/C)C(=C)F)c1ccc2nc(NC(C)=O)c(C=O)n2c1. The van der Waals surface area contributed by atoms with Crippen LogP contribution in [-0.4, -0.2) is 21.6 Å². The lowest BCUT2D eigenvalue weighted by Gasteiger charge is -2.08. The second kappa shape index (κ2) is 8.38. The Kier molecular flexibility index (Phi) is 6.22. The summed E-state index contributed by atoms with van der Waals surface area (Å²) in [7, 11) is 0. The number of aromatic nitrogens is 2. The molecule has 0 bridgehead atoms. The summed E-state index contributed by atoms with van der Waals surface area (Å²) in [5, 5.41) is 2.51. The number of carbonyl (C=O) groups excluding carboxylic acids is 2. The molecule has 1 aliphatic rings. The van der Waals surface area contributed by atoms with Crippen LogP contribution >= 0.6 is 0 Å². The summed E-state index contributed by atoms with van der Waals surface area (Å²) in [4.78, 5) is 26.7. The fourth-order valence-corrected chi connectivity index (χ4v) is 2.23. The average molecular weight is 355 g/mol. The zero-order valence-electron chi connectivity index (χ0n) is 15.0. The summed E-state index contributed by atoms with van der Waals surface area (Å²) < 4.78 is 14.9. The summed E-state index contributed by atoms with van der Waals surface area (Å²) in [6, 6.07) is 3.41. The average Bonchev–Trinajstić information content (AvgIpc) is 3.43. The van der Waals surface area contributed by atoms with Gasteiger partial charge in [-0.1, -0.05) is 38.5 Å². The number of aldehydes is 1. The molecule has 26 heavy (non-hydrogen) atoms. The van der Waals surface area contributed by atoms with Crippen LogP contribution in [0.2, 0.25) is 0 Å². The van der Waals surface area contributed by atoms with Crippen molar-refractivity contribution >= 4 is 29.2 Å². The van der Waals surface area contributed by atoms with E-state index in [-0.39, 0.29) is 17.4 Å². The van der Waals surface area contributed by atoms with Gasteiger partial charge in [0.2, 0.25) is 5.91 Å². The maximum Gasteiger partial charge on any atom is 0.222 e. The van der Waals surface area contributed by atoms with E-state index in [0.29, 0.717) is 28.6 Å². The highest BCUT2D eigenvalue weighted by atomic mass is 19.1. The van der Waals surface area contributed by atoms with Crippen LogP contribution in [-0.2, 0) is 4.79 Å². The molecule has 0 saturated heterocycles. The molecular formula is C20H22FN3O2. The number of carbonyl (C=O) groups is 2. The van der Waals surface area contributed by atoms with Gasteiger partial charge in [-0.2, -0.15) is 0 Å². The second-order valence-electron chi connectivity index (χ2n) is 6.00. The quantitative estimate of drug-likeness (QED) is 0.623. The van der Waals surface area contributed by atoms with Crippen LogP contribution in [0.5, 0.6) is 0 Å². The van der Waals surface area contributed by atoms with Gasteiger partial charge in [0.15, 0.2) is 12.1 Å². The van der Waals surface area contributed by atoms with Gasteiger partial charge in [-0.3, -0.25) is 14.0 Å². The third-order valence-electron chi connectivity index (χ3n) is 3.74. The van der Waals surface area contributed by atoms with Gasteiger partial charge in [0.05, 0.1) is 0 Å². The van der Waals surface area contributed by atoms with Crippen molar-refractivity contribution in [3.8, 4) is 0 Å². The second-order valence-corrected chi connectivity index (χ2v) is 6.00. The van der Waals surface area contributed by atoms with Gasteiger partial charge in [-0.15, -0.1) is 0 Å². The molecule has 136 valence electrons. The number of halogens is 1. The minimum absolute atomic E-state index is 0.181. The van der Waals surface area contributed by atoms with Crippen molar-refractivity contribution in [3.05, 3.63) is 60.2 Å². The number of nitrogens with one attached hydrogen (secondary N) is 1. The molecular weight excluding hydrogens is 333 g/mol. The monoisotopic (exact) mass is 355 g/mol. The summed E-state index contributed by atoms with van der Waals surface area (Å²) in [5.41, 5.74) is 2.26. The molecule has 0 unspecified atom stereocenters. The highest BCUT2D eigenvalue weighted by Crippen LogP contribution is 2.26. The van der Waals surface area contributed by atoms with Crippen LogP contribution in [0.25, 0.3) is 11.2 Å². The molecule has 1 fully saturated rings. The Hall–Kier alpha value is -3.02. The lowest BCUT2D eigenvalue weighted by molar-refractivity contribution is -0.114. The largest absolute Gasteiger partial charge is 0.309 e. The third kappa shape index (κ3) is 4.53. The summed E-state index contributed by atoms with van der Waals surface area (Å²) in [5.74, 6) is -0.700. The molecule has 2 aromatic heterocycles. The van der Waals surface area contributed by atoms with Gasteiger partial charge in [0, 0.05) is 13.1 Å². The molecule has 0 aromatic carbocycles. The minimum Gasteiger partial charge on any atom is -0.309 e. The molecule has 0 spiro atoms. The van der Waals surface area contributed by atoms with E-state index < -0.39 is 5.83 Å².